The van der Waals surface area contributed by atoms with E-state index in [9.17, 15) is 13.2 Å². The fourth-order valence-electron chi connectivity index (χ4n) is 0.877. The van der Waals surface area contributed by atoms with Crippen LogP contribution in [0.4, 0.5) is 13.2 Å². The lowest BCUT2D eigenvalue weighted by atomic mass is 10.1. The summed E-state index contributed by atoms with van der Waals surface area (Å²) >= 11 is 7.45. The summed E-state index contributed by atoms with van der Waals surface area (Å²) in [6, 6.07) is 3.87. The fraction of sp³-hybridized carbons (Fsp3) is 0.125. The van der Waals surface area contributed by atoms with Crippen LogP contribution in [-0.2, 0) is 6.18 Å². The van der Waals surface area contributed by atoms with Crippen molar-refractivity contribution in [2.45, 2.75) is 6.18 Å². The predicted octanol–water partition coefficient (Wildman–Crippen LogP) is 3.82. The Balaban J connectivity index is 3.32. The second-order valence-corrected chi connectivity index (χ2v) is 3.50. The van der Waals surface area contributed by atoms with Crippen LogP contribution in [0.3, 0.4) is 0 Å². The second kappa shape index (κ2) is 3.75. The van der Waals surface area contributed by atoms with Crippen molar-refractivity contribution in [3.63, 3.8) is 0 Å². The van der Waals surface area contributed by atoms with Gasteiger partial charge >= 0.3 is 6.18 Å². The summed E-state index contributed by atoms with van der Waals surface area (Å²) < 4.78 is 37.4. The molecule has 13 heavy (non-hydrogen) atoms. The molecule has 0 fully saturated rings. The number of thiocarbonyl (C=S) groups is 1. The summed E-state index contributed by atoms with van der Waals surface area (Å²) in [6.07, 6.45) is -4.35. The van der Waals surface area contributed by atoms with Crippen LogP contribution >= 0.6 is 28.1 Å². The zero-order valence-corrected chi connectivity index (χ0v) is 8.63. The molecule has 0 atom stereocenters. The Morgan fingerprint density at radius 3 is 2.38 bits per heavy atom. The summed E-state index contributed by atoms with van der Waals surface area (Å²) in [5, 5.41) is 1.02. The highest BCUT2D eigenvalue weighted by molar-refractivity contribution is 9.10. The molecule has 1 aromatic carbocycles. The second-order valence-electron chi connectivity index (χ2n) is 2.35. The quantitative estimate of drug-likeness (QED) is 0.698. The van der Waals surface area contributed by atoms with Gasteiger partial charge in [-0.1, -0.05) is 34.2 Å². The minimum Gasteiger partial charge on any atom is -0.166 e. The van der Waals surface area contributed by atoms with Crippen molar-refractivity contribution in [1.82, 2.24) is 0 Å². The van der Waals surface area contributed by atoms with Crippen molar-refractivity contribution in [3.05, 3.63) is 33.8 Å². The Morgan fingerprint density at radius 2 is 1.92 bits per heavy atom. The Kier molecular flexibility index (Phi) is 3.08. The molecule has 0 heterocycles. The third-order valence-electron chi connectivity index (χ3n) is 1.45. The standard InChI is InChI=1S/C8H4BrF3S/c9-6-2-1-5(4-13)7(3-6)8(10,11)12/h1-4H. The molecule has 0 bridgehead atoms. The van der Waals surface area contributed by atoms with Crippen molar-refractivity contribution in [2.24, 2.45) is 0 Å². The summed E-state index contributed by atoms with van der Waals surface area (Å²) in [5.41, 5.74) is -0.692. The average molecular weight is 269 g/mol. The Morgan fingerprint density at radius 1 is 1.31 bits per heavy atom. The van der Waals surface area contributed by atoms with Gasteiger partial charge in [0.15, 0.2) is 0 Å². The number of halogens is 4. The van der Waals surface area contributed by atoms with Gasteiger partial charge in [0, 0.05) is 9.84 Å². The predicted molar refractivity (Wildman–Crippen MR) is 51.9 cm³/mol. The van der Waals surface area contributed by atoms with Crippen LogP contribution in [-0.4, -0.2) is 5.37 Å². The highest BCUT2D eigenvalue weighted by Gasteiger charge is 2.32. The molecule has 70 valence electrons. The lowest BCUT2D eigenvalue weighted by molar-refractivity contribution is -0.137. The smallest absolute Gasteiger partial charge is 0.166 e. The molecule has 0 aromatic heterocycles. The number of hydrogen-bond acceptors (Lipinski definition) is 1. The molecular formula is C8H4BrF3S. The van der Waals surface area contributed by atoms with Gasteiger partial charge in [-0.15, -0.1) is 0 Å². The topological polar surface area (TPSA) is 0 Å². The van der Waals surface area contributed by atoms with Crippen LogP contribution in [0, 0.1) is 0 Å². The summed E-state index contributed by atoms with van der Waals surface area (Å²) in [7, 11) is 0. The van der Waals surface area contributed by atoms with Crippen molar-refractivity contribution in [3.8, 4) is 0 Å². The molecule has 0 amide bonds. The molecule has 5 heteroatoms. The van der Waals surface area contributed by atoms with Crippen molar-refractivity contribution in [1.29, 1.82) is 0 Å². The number of alkyl halides is 3. The summed E-state index contributed by atoms with van der Waals surface area (Å²) in [6.45, 7) is 0. The largest absolute Gasteiger partial charge is 0.417 e. The summed E-state index contributed by atoms with van der Waals surface area (Å²) in [5.74, 6) is 0. The minimum absolute atomic E-state index is 0.0192. The van der Waals surface area contributed by atoms with E-state index in [1.807, 2.05) is 0 Å². The first-order valence-electron chi connectivity index (χ1n) is 3.27. The molecule has 0 radical (unpaired) electrons. The van der Waals surface area contributed by atoms with Gasteiger partial charge < -0.3 is 0 Å². The van der Waals surface area contributed by atoms with Gasteiger partial charge in [0.25, 0.3) is 0 Å². The van der Waals surface area contributed by atoms with E-state index in [1.54, 1.807) is 0 Å². The van der Waals surface area contributed by atoms with Crippen molar-refractivity contribution in [2.75, 3.05) is 0 Å². The SMILES string of the molecule is FC(F)(F)c1cc(Br)ccc1C=S. The van der Waals surface area contributed by atoms with Crippen LogP contribution in [0.15, 0.2) is 22.7 Å². The van der Waals surface area contributed by atoms with Gasteiger partial charge in [-0.3, -0.25) is 0 Å². The van der Waals surface area contributed by atoms with E-state index < -0.39 is 11.7 Å². The minimum atomic E-state index is -4.35. The molecule has 1 aromatic rings. The lowest BCUT2D eigenvalue weighted by Gasteiger charge is -2.09. The van der Waals surface area contributed by atoms with E-state index in [1.165, 1.54) is 12.1 Å². The third-order valence-corrected chi connectivity index (χ3v) is 2.19. The van der Waals surface area contributed by atoms with Crippen LogP contribution < -0.4 is 0 Å². The van der Waals surface area contributed by atoms with Gasteiger partial charge in [0.2, 0.25) is 0 Å². The molecule has 0 unspecified atom stereocenters. The van der Waals surface area contributed by atoms with Gasteiger partial charge in [-0.25, -0.2) is 0 Å². The van der Waals surface area contributed by atoms with E-state index in [-0.39, 0.29) is 5.56 Å². The molecule has 0 N–H and O–H groups in total. The molecule has 0 nitrogen and oxygen atoms in total. The van der Waals surface area contributed by atoms with E-state index >= 15 is 0 Å². The van der Waals surface area contributed by atoms with Crippen LogP contribution in [0.25, 0.3) is 0 Å². The van der Waals surface area contributed by atoms with Gasteiger partial charge in [-0.2, -0.15) is 13.2 Å². The molecule has 0 aliphatic rings. The molecule has 0 saturated carbocycles. The molecule has 0 spiro atoms. The summed E-state index contributed by atoms with van der Waals surface area (Å²) in [4.78, 5) is 0. The maximum atomic E-state index is 12.3. The monoisotopic (exact) mass is 268 g/mol. The number of hydrogen-bond donors (Lipinski definition) is 0. The Labute approximate surface area is 86.9 Å². The van der Waals surface area contributed by atoms with Gasteiger partial charge in [0.1, 0.15) is 0 Å². The maximum absolute atomic E-state index is 12.3. The first kappa shape index (κ1) is 10.7. The molecule has 0 saturated heterocycles. The Hall–Kier alpha value is -0.420. The van der Waals surface area contributed by atoms with Gasteiger partial charge in [-0.05, 0) is 17.7 Å². The highest BCUT2D eigenvalue weighted by atomic mass is 79.9. The van der Waals surface area contributed by atoms with Crippen LogP contribution in [0.1, 0.15) is 11.1 Å². The molecule has 1 rings (SSSR count). The fourth-order valence-corrected chi connectivity index (χ4v) is 1.44. The number of benzene rings is 1. The zero-order chi connectivity index (χ0) is 10.1. The van der Waals surface area contributed by atoms with Crippen molar-refractivity contribution >= 4 is 33.5 Å². The molecular weight excluding hydrogens is 265 g/mol. The van der Waals surface area contributed by atoms with E-state index in [0.29, 0.717) is 4.47 Å². The molecule has 0 aliphatic carbocycles. The maximum Gasteiger partial charge on any atom is 0.417 e. The average Bonchev–Trinajstić information content (AvgIpc) is 2.03. The lowest BCUT2D eigenvalue weighted by Crippen LogP contribution is -2.08. The zero-order valence-electron chi connectivity index (χ0n) is 6.23. The highest BCUT2D eigenvalue weighted by Crippen LogP contribution is 2.33. The van der Waals surface area contributed by atoms with E-state index in [2.05, 4.69) is 28.1 Å². The normalized spacial score (nSPS) is 11.4. The van der Waals surface area contributed by atoms with E-state index in [0.717, 1.165) is 11.4 Å². The van der Waals surface area contributed by atoms with Gasteiger partial charge in [0.05, 0.1) is 5.56 Å². The number of rotatable bonds is 1. The van der Waals surface area contributed by atoms with E-state index in [4.69, 9.17) is 0 Å². The van der Waals surface area contributed by atoms with Crippen LogP contribution in [0.5, 0.6) is 0 Å². The first-order chi connectivity index (χ1) is 5.95. The third kappa shape index (κ3) is 2.51. The van der Waals surface area contributed by atoms with Crippen molar-refractivity contribution < 1.29 is 13.2 Å². The Bertz CT molecular complexity index is 333. The first-order valence-corrected chi connectivity index (χ1v) is 4.53. The molecule has 0 aliphatic heterocycles. The van der Waals surface area contributed by atoms with Crippen LogP contribution in [0.2, 0.25) is 0 Å².